The molecular formula is C18H15ClF3N2O2+. The van der Waals surface area contributed by atoms with Gasteiger partial charge in [0.15, 0.2) is 6.67 Å². The molecule has 1 aliphatic heterocycles. The van der Waals surface area contributed by atoms with Crippen LogP contribution in [0.4, 0.5) is 18.9 Å². The van der Waals surface area contributed by atoms with Crippen molar-refractivity contribution < 1.29 is 27.7 Å². The summed E-state index contributed by atoms with van der Waals surface area (Å²) in [5.41, 5.74) is 0.760. The molecule has 2 aromatic carbocycles. The number of quaternary nitrogens is 1. The molecule has 4 nitrogen and oxygen atoms in total. The number of anilines is 1. The van der Waals surface area contributed by atoms with Crippen LogP contribution in [0.5, 0.6) is 0 Å². The van der Waals surface area contributed by atoms with E-state index in [1.807, 2.05) is 0 Å². The third-order valence-corrected chi connectivity index (χ3v) is 4.38. The lowest BCUT2D eigenvalue weighted by molar-refractivity contribution is -0.892. The highest BCUT2D eigenvalue weighted by Crippen LogP contribution is 2.30. The highest BCUT2D eigenvalue weighted by Gasteiger charge is 2.37. The second-order valence-corrected chi connectivity index (χ2v) is 6.65. The topological polar surface area (TPSA) is 41.8 Å². The first kappa shape index (κ1) is 18.4. The van der Waals surface area contributed by atoms with Crippen molar-refractivity contribution in [3.05, 3.63) is 64.2 Å². The van der Waals surface area contributed by atoms with E-state index in [0.29, 0.717) is 22.8 Å². The number of fused-ring (bicyclic) bond motifs is 1. The number of halogens is 4. The van der Waals surface area contributed by atoms with E-state index in [1.54, 1.807) is 19.2 Å². The molecule has 0 saturated heterocycles. The van der Waals surface area contributed by atoms with Gasteiger partial charge in [-0.05, 0) is 30.3 Å². The molecule has 1 amide bonds. The molecule has 0 spiro atoms. The number of carbonyl (C=O) groups excluding carboxylic acids is 2. The van der Waals surface area contributed by atoms with E-state index in [1.165, 1.54) is 23.1 Å². The molecule has 8 heteroatoms. The molecule has 1 heterocycles. The molecule has 26 heavy (non-hydrogen) atoms. The largest absolute Gasteiger partial charge is 0.416 e. The van der Waals surface area contributed by atoms with Gasteiger partial charge in [-0.15, -0.1) is 0 Å². The molecule has 0 aromatic heterocycles. The Morgan fingerprint density at radius 1 is 1.08 bits per heavy atom. The van der Waals surface area contributed by atoms with Crippen LogP contribution in [-0.2, 0) is 17.5 Å². The van der Waals surface area contributed by atoms with Crippen molar-refractivity contribution in [2.75, 3.05) is 18.6 Å². The van der Waals surface area contributed by atoms with E-state index < -0.39 is 23.4 Å². The second kappa shape index (κ2) is 6.74. The molecule has 1 aliphatic rings. The normalized spacial score (nSPS) is 15.3. The fourth-order valence-electron chi connectivity index (χ4n) is 2.92. The average molecular weight is 384 g/mol. The van der Waals surface area contributed by atoms with Gasteiger partial charge >= 0.3 is 12.1 Å². The molecule has 1 atom stereocenters. The average Bonchev–Trinajstić information content (AvgIpc) is 2.79. The summed E-state index contributed by atoms with van der Waals surface area (Å²) >= 11 is 5.87. The smallest absolute Gasteiger partial charge is 0.316 e. The highest BCUT2D eigenvalue weighted by atomic mass is 35.5. The van der Waals surface area contributed by atoms with Gasteiger partial charge in [-0.25, -0.2) is 0 Å². The zero-order chi connectivity index (χ0) is 19.1. The molecule has 0 radical (unpaired) electrons. The predicted molar refractivity (Wildman–Crippen MR) is 90.2 cm³/mol. The lowest BCUT2D eigenvalue weighted by Gasteiger charge is -2.22. The van der Waals surface area contributed by atoms with Gasteiger partial charge in [0.1, 0.15) is 6.54 Å². The van der Waals surface area contributed by atoms with Gasteiger partial charge in [-0.2, -0.15) is 13.2 Å². The van der Waals surface area contributed by atoms with Crippen molar-refractivity contribution in [2.24, 2.45) is 0 Å². The minimum absolute atomic E-state index is 0.209. The predicted octanol–water partition coefficient (Wildman–Crippen LogP) is 2.56. The summed E-state index contributed by atoms with van der Waals surface area (Å²) in [5.74, 6) is -1.24. The molecule has 3 rings (SSSR count). The van der Waals surface area contributed by atoms with E-state index in [0.717, 1.165) is 17.0 Å². The van der Waals surface area contributed by atoms with Crippen LogP contribution >= 0.6 is 11.6 Å². The number of nitrogens with one attached hydrogen (secondary N) is 1. The zero-order valence-electron chi connectivity index (χ0n) is 13.7. The van der Waals surface area contributed by atoms with Crippen molar-refractivity contribution in [1.29, 1.82) is 0 Å². The molecular weight excluding hydrogens is 369 g/mol. The number of hydrogen-bond acceptors (Lipinski definition) is 2. The lowest BCUT2D eigenvalue weighted by Crippen LogP contribution is -3.09. The Hall–Kier alpha value is -2.38. The number of nitrogens with zero attached hydrogens (tertiary/aromatic N) is 1. The molecule has 2 aromatic rings. The Labute approximate surface area is 152 Å². The SMILES string of the molecule is C[NH+](Cc1ccc(C(F)(F)F)cc1)CN1C(=O)C(=O)c2cc(Cl)ccc21. The summed E-state index contributed by atoms with van der Waals surface area (Å²) in [7, 11) is 1.79. The Bertz CT molecular complexity index is 866. The van der Waals surface area contributed by atoms with Crippen LogP contribution in [0.1, 0.15) is 21.5 Å². The van der Waals surface area contributed by atoms with Gasteiger partial charge in [0.25, 0.3) is 5.78 Å². The number of ketones is 1. The molecule has 1 N–H and O–H groups in total. The number of amides is 1. The summed E-state index contributed by atoms with van der Waals surface area (Å²) in [5, 5.41) is 0.372. The number of carbonyl (C=O) groups is 2. The van der Waals surface area contributed by atoms with Gasteiger partial charge in [0, 0.05) is 10.6 Å². The van der Waals surface area contributed by atoms with E-state index in [9.17, 15) is 22.8 Å². The number of rotatable bonds is 4. The molecule has 0 aliphatic carbocycles. The van der Waals surface area contributed by atoms with E-state index in [2.05, 4.69) is 0 Å². The summed E-state index contributed by atoms with van der Waals surface area (Å²) in [4.78, 5) is 26.5. The monoisotopic (exact) mass is 383 g/mol. The van der Waals surface area contributed by atoms with Crippen LogP contribution < -0.4 is 9.80 Å². The summed E-state index contributed by atoms with van der Waals surface area (Å²) < 4.78 is 37.8. The molecule has 0 fully saturated rings. The number of alkyl halides is 3. The summed E-state index contributed by atoms with van der Waals surface area (Å²) in [6.07, 6.45) is -4.37. The Morgan fingerprint density at radius 2 is 1.73 bits per heavy atom. The van der Waals surface area contributed by atoms with Crippen molar-refractivity contribution in [1.82, 2.24) is 0 Å². The van der Waals surface area contributed by atoms with Gasteiger partial charge in [0.2, 0.25) is 0 Å². The fraction of sp³-hybridized carbons (Fsp3) is 0.222. The molecule has 136 valence electrons. The van der Waals surface area contributed by atoms with Crippen molar-refractivity contribution >= 4 is 29.0 Å². The number of hydrogen-bond donors (Lipinski definition) is 1. The van der Waals surface area contributed by atoms with Crippen LogP contribution in [0, 0.1) is 0 Å². The Kier molecular flexibility index (Phi) is 4.77. The van der Waals surface area contributed by atoms with Crippen molar-refractivity contribution in [3.63, 3.8) is 0 Å². The number of benzene rings is 2. The van der Waals surface area contributed by atoms with Crippen LogP contribution in [0.3, 0.4) is 0 Å². The Balaban J connectivity index is 1.72. The Morgan fingerprint density at radius 3 is 2.35 bits per heavy atom. The second-order valence-electron chi connectivity index (χ2n) is 6.21. The fourth-order valence-corrected chi connectivity index (χ4v) is 3.09. The third-order valence-electron chi connectivity index (χ3n) is 4.15. The lowest BCUT2D eigenvalue weighted by atomic mass is 10.1. The van der Waals surface area contributed by atoms with Crippen LogP contribution in [0.15, 0.2) is 42.5 Å². The maximum Gasteiger partial charge on any atom is 0.416 e. The molecule has 0 saturated carbocycles. The maximum absolute atomic E-state index is 12.6. The highest BCUT2D eigenvalue weighted by molar-refractivity contribution is 6.52. The molecule has 1 unspecified atom stereocenters. The van der Waals surface area contributed by atoms with Gasteiger partial charge in [-0.1, -0.05) is 23.7 Å². The quantitative estimate of drug-likeness (QED) is 0.824. The van der Waals surface area contributed by atoms with E-state index >= 15 is 0 Å². The van der Waals surface area contributed by atoms with E-state index in [-0.39, 0.29) is 12.2 Å². The molecule has 0 bridgehead atoms. The van der Waals surface area contributed by atoms with Crippen LogP contribution in [0.25, 0.3) is 0 Å². The number of Topliss-reactive ketones (excluding diaryl/α,β-unsaturated/α-hetero) is 1. The summed E-state index contributed by atoms with van der Waals surface area (Å²) in [6, 6.07) is 9.57. The summed E-state index contributed by atoms with van der Waals surface area (Å²) in [6.45, 7) is 0.610. The minimum Gasteiger partial charge on any atom is -0.316 e. The first-order valence-corrected chi connectivity index (χ1v) is 8.18. The standard InChI is InChI=1S/C18H14ClF3N2O2/c1-23(9-11-2-4-12(5-3-11)18(20,21)22)10-24-15-7-6-13(19)8-14(15)16(25)17(24)26/h2-8H,9-10H2,1H3/p+1. The van der Waals surface area contributed by atoms with Gasteiger partial charge in [-0.3, -0.25) is 14.5 Å². The maximum atomic E-state index is 12.6. The van der Waals surface area contributed by atoms with Gasteiger partial charge < -0.3 is 4.90 Å². The van der Waals surface area contributed by atoms with Crippen molar-refractivity contribution in [3.8, 4) is 0 Å². The van der Waals surface area contributed by atoms with Gasteiger partial charge in [0.05, 0.1) is 23.9 Å². The van der Waals surface area contributed by atoms with Crippen molar-refractivity contribution in [2.45, 2.75) is 12.7 Å². The first-order valence-electron chi connectivity index (χ1n) is 7.80. The van der Waals surface area contributed by atoms with Crippen LogP contribution in [0.2, 0.25) is 5.02 Å². The first-order chi connectivity index (χ1) is 12.2. The minimum atomic E-state index is -4.37. The van der Waals surface area contributed by atoms with Crippen LogP contribution in [-0.4, -0.2) is 25.4 Å². The van der Waals surface area contributed by atoms with E-state index in [4.69, 9.17) is 11.6 Å². The zero-order valence-corrected chi connectivity index (χ0v) is 14.5. The third kappa shape index (κ3) is 3.59.